The maximum absolute atomic E-state index is 10.7. The van der Waals surface area contributed by atoms with E-state index in [-0.39, 0.29) is 11.8 Å². The lowest BCUT2D eigenvalue weighted by Gasteiger charge is -2.24. The summed E-state index contributed by atoms with van der Waals surface area (Å²) in [6, 6.07) is 3.70. The number of methoxy groups -OCH3 is 4. The van der Waals surface area contributed by atoms with Gasteiger partial charge in [-0.2, -0.15) is 5.10 Å². The molecule has 2 aliphatic rings. The molecule has 0 radical (unpaired) electrons. The van der Waals surface area contributed by atoms with Crippen LogP contribution >= 0.6 is 0 Å². The van der Waals surface area contributed by atoms with Crippen LogP contribution in [0.3, 0.4) is 0 Å². The van der Waals surface area contributed by atoms with Gasteiger partial charge in [-0.05, 0) is 50.5 Å². The van der Waals surface area contributed by atoms with Gasteiger partial charge in [0.2, 0.25) is 0 Å². The summed E-state index contributed by atoms with van der Waals surface area (Å²) in [7, 11) is 6.23. The number of allylic oxidation sites excluding steroid dienone is 2. The Kier molecular flexibility index (Phi) is 10.1. The number of nitrogens with zero attached hydrogens (tertiary/aromatic N) is 4. The van der Waals surface area contributed by atoms with Crippen LogP contribution in [-0.2, 0) is 9.59 Å². The van der Waals surface area contributed by atoms with Crippen LogP contribution in [0.5, 0.6) is 23.3 Å². The Morgan fingerprint density at radius 1 is 0.722 bits per heavy atom. The molecule has 0 N–H and O–H groups in total. The van der Waals surface area contributed by atoms with Gasteiger partial charge in [0.05, 0.1) is 39.8 Å². The lowest BCUT2D eigenvalue weighted by molar-refractivity contribution is -0.112. The average Bonchev–Trinajstić information content (AvgIpc) is 2.96. The van der Waals surface area contributed by atoms with Gasteiger partial charge in [0.15, 0.2) is 11.5 Å². The largest absolute Gasteiger partial charge is 0.491 e. The van der Waals surface area contributed by atoms with E-state index in [9.17, 15) is 9.59 Å². The van der Waals surface area contributed by atoms with Gasteiger partial charge in [-0.1, -0.05) is 6.08 Å². The Balaban J connectivity index is 0.000000201. The monoisotopic (exact) mass is 498 g/mol. The number of aldehydes is 2. The van der Waals surface area contributed by atoms with Gasteiger partial charge in [-0.25, -0.2) is 0 Å². The Morgan fingerprint density at radius 3 is 1.86 bits per heavy atom. The summed E-state index contributed by atoms with van der Waals surface area (Å²) in [4.78, 5) is 21.4. The van der Waals surface area contributed by atoms with E-state index in [1.54, 1.807) is 21.3 Å². The van der Waals surface area contributed by atoms with Crippen molar-refractivity contribution in [3.8, 4) is 23.3 Å². The molecular weight excluding hydrogens is 464 g/mol. The zero-order chi connectivity index (χ0) is 25.9. The summed E-state index contributed by atoms with van der Waals surface area (Å²) in [5.41, 5.74) is 2.83. The molecule has 2 heterocycles. The lowest BCUT2D eigenvalue weighted by Crippen LogP contribution is -2.15. The zero-order valence-corrected chi connectivity index (χ0v) is 21.3. The third-order valence-electron chi connectivity index (χ3n) is 6.66. The first-order valence-electron chi connectivity index (χ1n) is 12.1. The zero-order valence-electron chi connectivity index (χ0n) is 21.3. The fraction of sp³-hybridized carbons (Fsp3) is 0.538. The second kappa shape index (κ2) is 13.5. The van der Waals surface area contributed by atoms with E-state index in [1.807, 2.05) is 12.1 Å². The van der Waals surface area contributed by atoms with Gasteiger partial charge in [-0.3, -0.25) is 0 Å². The Bertz CT molecular complexity index is 1050. The molecule has 1 fully saturated rings. The highest BCUT2D eigenvalue weighted by Gasteiger charge is 2.24. The predicted molar refractivity (Wildman–Crippen MR) is 132 cm³/mol. The molecule has 2 aromatic rings. The molecule has 1 unspecified atom stereocenters. The van der Waals surface area contributed by atoms with Crippen molar-refractivity contribution in [3.63, 3.8) is 0 Å². The molecule has 1 atom stereocenters. The highest BCUT2D eigenvalue weighted by Crippen LogP contribution is 2.36. The van der Waals surface area contributed by atoms with Crippen LogP contribution < -0.4 is 18.9 Å². The van der Waals surface area contributed by atoms with Crippen molar-refractivity contribution in [1.29, 1.82) is 0 Å². The summed E-state index contributed by atoms with van der Waals surface area (Å²) in [5, 5.41) is 16.3. The van der Waals surface area contributed by atoms with Crippen molar-refractivity contribution in [2.24, 2.45) is 11.8 Å². The normalized spacial score (nSPS) is 21.2. The van der Waals surface area contributed by atoms with Gasteiger partial charge >= 0.3 is 0 Å². The lowest BCUT2D eigenvalue weighted by atomic mass is 9.81. The minimum absolute atomic E-state index is 0.141. The highest BCUT2D eigenvalue weighted by molar-refractivity contribution is 5.67. The molecule has 0 aliphatic heterocycles. The molecule has 1 saturated carbocycles. The van der Waals surface area contributed by atoms with Crippen molar-refractivity contribution >= 4 is 18.1 Å². The van der Waals surface area contributed by atoms with Crippen molar-refractivity contribution in [2.45, 2.75) is 50.9 Å². The fourth-order valence-corrected chi connectivity index (χ4v) is 4.43. The molecule has 0 spiro atoms. The van der Waals surface area contributed by atoms with Gasteiger partial charge in [0, 0.05) is 29.9 Å². The molecule has 10 nitrogen and oxygen atoms in total. The van der Waals surface area contributed by atoms with E-state index < -0.39 is 0 Å². The number of hydrogen-bond donors (Lipinski definition) is 0. The summed E-state index contributed by atoms with van der Waals surface area (Å²) < 4.78 is 20.5. The third-order valence-corrected chi connectivity index (χ3v) is 6.66. The van der Waals surface area contributed by atoms with Crippen LogP contribution in [0.25, 0.3) is 5.57 Å². The number of rotatable bonds is 8. The molecule has 36 heavy (non-hydrogen) atoms. The second-order valence-electron chi connectivity index (χ2n) is 8.80. The maximum atomic E-state index is 10.7. The summed E-state index contributed by atoms with van der Waals surface area (Å²) in [6.07, 6.45) is 10.5. The quantitative estimate of drug-likeness (QED) is 0.496. The van der Waals surface area contributed by atoms with Crippen molar-refractivity contribution in [1.82, 2.24) is 20.4 Å². The topological polar surface area (TPSA) is 123 Å². The average molecular weight is 499 g/mol. The fourth-order valence-electron chi connectivity index (χ4n) is 4.43. The molecule has 2 aliphatic carbocycles. The smallest absolute Gasteiger partial charge is 0.276 e. The van der Waals surface area contributed by atoms with Gasteiger partial charge < -0.3 is 28.5 Å². The predicted octanol–water partition coefficient (Wildman–Crippen LogP) is 3.84. The maximum Gasteiger partial charge on any atom is 0.276 e. The highest BCUT2D eigenvalue weighted by atomic mass is 16.5. The van der Waals surface area contributed by atoms with Gasteiger partial charge in [0.25, 0.3) is 11.8 Å². The molecule has 0 bridgehead atoms. The molecule has 4 rings (SSSR count). The van der Waals surface area contributed by atoms with Crippen LogP contribution in [0, 0.1) is 11.8 Å². The first-order valence-corrected chi connectivity index (χ1v) is 12.1. The molecule has 194 valence electrons. The van der Waals surface area contributed by atoms with Crippen molar-refractivity contribution < 1.29 is 28.5 Å². The number of ether oxygens (including phenoxy) is 4. The summed E-state index contributed by atoms with van der Waals surface area (Å²) in [5.74, 6) is 2.69. The summed E-state index contributed by atoms with van der Waals surface area (Å²) >= 11 is 0. The first-order chi connectivity index (χ1) is 17.6. The van der Waals surface area contributed by atoms with Crippen LogP contribution in [0.15, 0.2) is 18.2 Å². The standard InChI is InChI=1S/C13H18N2O3.C13H16N2O3/c2*1-17-12-7-11(14-15-13(12)18-2)10-5-3-9(8-16)4-6-10/h7-10H,3-6H2,1-2H3;5,7-9H,3-4,6H2,1-2H3. The Hall–Kier alpha value is -3.56. The van der Waals surface area contributed by atoms with Gasteiger partial charge in [0.1, 0.15) is 12.6 Å². The van der Waals surface area contributed by atoms with E-state index >= 15 is 0 Å². The number of carbonyl (C=O) groups is 2. The van der Waals surface area contributed by atoms with E-state index in [2.05, 4.69) is 26.5 Å². The minimum atomic E-state index is 0.141. The molecular formula is C26H34N4O6. The molecule has 0 aromatic carbocycles. The first kappa shape index (κ1) is 27.0. The van der Waals surface area contributed by atoms with Crippen LogP contribution in [0.2, 0.25) is 0 Å². The van der Waals surface area contributed by atoms with Crippen LogP contribution in [-0.4, -0.2) is 61.4 Å². The molecule has 0 amide bonds. The van der Waals surface area contributed by atoms with E-state index in [1.165, 1.54) is 7.11 Å². The van der Waals surface area contributed by atoms with Crippen LogP contribution in [0.1, 0.15) is 62.3 Å². The van der Waals surface area contributed by atoms with Gasteiger partial charge in [-0.15, -0.1) is 15.3 Å². The molecule has 0 saturated heterocycles. The van der Waals surface area contributed by atoms with Crippen molar-refractivity contribution in [2.75, 3.05) is 28.4 Å². The minimum Gasteiger partial charge on any atom is -0.491 e. The molecule has 2 aromatic heterocycles. The summed E-state index contributed by atoms with van der Waals surface area (Å²) in [6.45, 7) is 0. The van der Waals surface area contributed by atoms with Crippen molar-refractivity contribution in [3.05, 3.63) is 29.6 Å². The SMILES string of the molecule is COc1cc(C2=CCC(C=O)CC2)nnc1OC.COc1cc(C2CCC(C=O)CC2)nnc1OC. The molecule has 10 heteroatoms. The number of hydrogen-bond acceptors (Lipinski definition) is 10. The number of carbonyl (C=O) groups excluding carboxylic acids is 2. The third kappa shape index (κ3) is 6.77. The van der Waals surface area contributed by atoms with E-state index in [0.29, 0.717) is 29.2 Å². The second-order valence-corrected chi connectivity index (χ2v) is 8.80. The van der Waals surface area contributed by atoms with Crippen LogP contribution in [0.4, 0.5) is 0 Å². The Labute approximate surface area is 211 Å². The Morgan fingerprint density at radius 2 is 1.33 bits per heavy atom. The van der Waals surface area contributed by atoms with E-state index in [0.717, 1.165) is 74.5 Å². The van der Waals surface area contributed by atoms with E-state index in [4.69, 9.17) is 18.9 Å². The number of aromatic nitrogens is 4.